The summed E-state index contributed by atoms with van der Waals surface area (Å²) in [5.41, 5.74) is 3.34. The zero-order chi connectivity index (χ0) is 21.8. The maximum Gasteiger partial charge on any atom is 0.336 e. The lowest BCUT2D eigenvalue weighted by molar-refractivity contribution is 0.148. The average molecular weight is 506 g/mol. The zero-order valence-corrected chi connectivity index (χ0v) is 20.5. The number of piperazine rings is 1. The molecule has 0 N–H and O–H groups in total. The van der Waals surface area contributed by atoms with Crippen LogP contribution in [0.1, 0.15) is 11.3 Å². The van der Waals surface area contributed by atoms with Crippen LogP contribution in [0, 0.1) is 6.92 Å². The fraction of sp³-hybridized carbons (Fsp3) is 0.333. The molecule has 5 heterocycles. The Hall–Kier alpha value is -2.78. The van der Waals surface area contributed by atoms with Crippen LogP contribution in [0.4, 0.5) is 0 Å². The lowest BCUT2D eigenvalue weighted by Crippen LogP contribution is -2.43. The highest BCUT2D eigenvalue weighted by atomic mass is 35.5. The Balaban J connectivity index is 0.00000137. The number of likely N-dealkylation sites (N-methyl/N-ethyl adjacent to an activating group) is 1. The van der Waals surface area contributed by atoms with Crippen LogP contribution in [0.3, 0.4) is 0 Å². The molecule has 1 fully saturated rings. The summed E-state index contributed by atoms with van der Waals surface area (Å²) < 4.78 is 22.6. The van der Waals surface area contributed by atoms with Crippen molar-refractivity contribution in [3.63, 3.8) is 0 Å². The summed E-state index contributed by atoms with van der Waals surface area (Å²) in [6, 6.07) is 7.00. The standard InChI is InChI=1S/C24H23N3O5.2ClH/c1-14-24-16(15(11-25-14)12-27-5-3-26(2)4-6-27)7-19(32-24)18-9-23(28)31-20-10-22-21(8-17(18)20)29-13-30-22;;/h7-11H,3-6,12-13H2,1-2H3;2*1H. The minimum Gasteiger partial charge on any atom is -0.454 e. The molecule has 8 nitrogen and oxygen atoms in total. The van der Waals surface area contributed by atoms with E-state index in [1.165, 1.54) is 6.07 Å². The van der Waals surface area contributed by atoms with Crippen molar-refractivity contribution >= 4 is 46.8 Å². The molecule has 0 spiro atoms. The molecular formula is C24H25Cl2N3O5. The second kappa shape index (κ2) is 9.46. The molecule has 180 valence electrons. The molecule has 3 aromatic heterocycles. The van der Waals surface area contributed by atoms with Gasteiger partial charge >= 0.3 is 5.63 Å². The normalized spacial score (nSPS) is 15.9. The van der Waals surface area contributed by atoms with Gasteiger partial charge in [-0.05, 0) is 31.7 Å². The van der Waals surface area contributed by atoms with Crippen molar-refractivity contribution in [3.05, 3.63) is 52.1 Å². The van der Waals surface area contributed by atoms with Gasteiger partial charge in [0.1, 0.15) is 11.3 Å². The molecule has 0 unspecified atom stereocenters. The van der Waals surface area contributed by atoms with E-state index in [0.29, 0.717) is 28.4 Å². The number of aryl methyl sites for hydroxylation is 1. The average Bonchev–Trinajstić information content (AvgIpc) is 3.43. The first-order chi connectivity index (χ1) is 15.5. The van der Waals surface area contributed by atoms with Gasteiger partial charge in [-0.25, -0.2) is 4.79 Å². The van der Waals surface area contributed by atoms with Crippen LogP contribution in [-0.2, 0) is 6.54 Å². The summed E-state index contributed by atoms with van der Waals surface area (Å²) >= 11 is 0. The Bertz CT molecular complexity index is 1410. The number of fused-ring (bicyclic) bond motifs is 3. The smallest absolute Gasteiger partial charge is 0.336 e. The fourth-order valence-corrected chi connectivity index (χ4v) is 4.46. The molecule has 1 aromatic carbocycles. The van der Waals surface area contributed by atoms with E-state index in [4.69, 9.17) is 18.3 Å². The Morgan fingerprint density at radius 1 is 0.941 bits per heavy atom. The molecule has 10 heteroatoms. The Morgan fingerprint density at radius 2 is 1.68 bits per heavy atom. The van der Waals surface area contributed by atoms with Crippen LogP contribution in [0.25, 0.3) is 33.3 Å². The number of rotatable bonds is 3. The fourth-order valence-electron chi connectivity index (χ4n) is 4.46. The largest absolute Gasteiger partial charge is 0.454 e. The highest BCUT2D eigenvalue weighted by Gasteiger charge is 2.22. The third-order valence-electron chi connectivity index (χ3n) is 6.31. The molecule has 2 aliphatic rings. The number of halogens is 2. The van der Waals surface area contributed by atoms with E-state index in [0.717, 1.165) is 60.3 Å². The molecule has 2 aliphatic heterocycles. The number of nitrogens with zero attached hydrogens (tertiary/aromatic N) is 3. The molecule has 1 saturated heterocycles. The van der Waals surface area contributed by atoms with Crippen LogP contribution in [0.15, 0.2) is 44.1 Å². The second-order valence-corrected chi connectivity index (χ2v) is 8.48. The van der Waals surface area contributed by atoms with Crippen molar-refractivity contribution < 1.29 is 18.3 Å². The molecule has 4 aromatic rings. The van der Waals surface area contributed by atoms with E-state index < -0.39 is 5.63 Å². The summed E-state index contributed by atoms with van der Waals surface area (Å²) in [7, 11) is 2.15. The summed E-state index contributed by atoms with van der Waals surface area (Å²) in [6.45, 7) is 7.05. The topological polar surface area (TPSA) is 81.2 Å². The van der Waals surface area contributed by atoms with Crippen LogP contribution in [0.2, 0.25) is 0 Å². The number of furan rings is 1. The third-order valence-corrected chi connectivity index (χ3v) is 6.31. The van der Waals surface area contributed by atoms with E-state index in [1.807, 2.05) is 25.3 Å². The van der Waals surface area contributed by atoms with Gasteiger partial charge in [0.25, 0.3) is 0 Å². The minimum absolute atomic E-state index is 0. The van der Waals surface area contributed by atoms with Crippen molar-refractivity contribution in [1.82, 2.24) is 14.8 Å². The SMILES string of the molecule is Cc1ncc(CN2CCN(C)CC2)c2cc(-c3cc(=O)oc4cc5c(cc34)OCO5)oc12.Cl.Cl. The summed E-state index contributed by atoms with van der Waals surface area (Å²) in [5, 5.41) is 1.76. The molecule has 0 saturated carbocycles. The molecule has 0 atom stereocenters. The van der Waals surface area contributed by atoms with Gasteiger partial charge in [-0.3, -0.25) is 9.88 Å². The number of ether oxygens (including phenoxy) is 2. The van der Waals surface area contributed by atoms with E-state index in [2.05, 4.69) is 21.8 Å². The van der Waals surface area contributed by atoms with Crippen molar-refractivity contribution in [2.24, 2.45) is 0 Å². The van der Waals surface area contributed by atoms with Gasteiger partial charge < -0.3 is 23.2 Å². The monoisotopic (exact) mass is 505 g/mol. The minimum atomic E-state index is -0.445. The Kier molecular flexibility index (Phi) is 6.78. The second-order valence-electron chi connectivity index (χ2n) is 8.48. The summed E-state index contributed by atoms with van der Waals surface area (Å²) in [6.07, 6.45) is 1.94. The van der Waals surface area contributed by atoms with Gasteiger partial charge in [-0.2, -0.15) is 0 Å². The number of benzene rings is 1. The van der Waals surface area contributed by atoms with Crippen LogP contribution >= 0.6 is 24.8 Å². The molecule has 6 rings (SSSR count). The number of aromatic nitrogens is 1. The van der Waals surface area contributed by atoms with Crippen LogP contribution < -0.4 is 15.1 Å². The van der Waals surface area contributed by atoms with Gasteiger partial charge in [0.05, 0.1) is 5.69 Å². The summed E-state index contributed by atoms with van der Waals surface area (Å²) in [4.78, 5) is 21.7. The van der Waals surface area contributed by atoms with E-state index in [9.17, 15) is 4.79 Å². The Labute approximate surface area is 208 Å². The molecule has 0 radical (unpaired) electrons. The molecule has 0 amide bonds. The quantitative estimate of drug-likeness (QED) is 0.382. The predicted molar refractivity (Wildman–Crippen MR) is 134 cm³/mol. The zero-order valence-electron chi connectivity index (χ0n) is 18.8. The summed E-state index contributed by atoms with van der Waals surface area (Å²) in [5.74, 6) is 1.79. The first-order valence-corrected chi connectivity index (χ1v) is 10.7. The van der Waals surface area contributed by atoms with E-state index >= 15 is 0 Å². The van der Waals surface area contributed by atoms with Crippen molar-refractivity contribution in [3.8, 4) is 22.8 Å². The highest BCUT2D eigenvalue weighted by Crippen LogP contribution is 2.40. The maximum atomic E-state index is 12.3. The van der Waals surface area contributed by atoms with Gasteiger partial charge in [-0.1, -0.05) is 0 Å². The van der Waals surface area contributed by atoms with Crippen molar-refractivity contribution in [1.29, 1.82) is 0 Å². The van der Waals surface area contributed by atoms with E-state index in [1.54, 1.807) is 6.07 Å². The lowest BCUT2D eigenvalue weighted by atomic mass is 10.1. The van der Waals surface area contributed by atoms with Gasteiger partial charge in [0.2, 0.25) is 6.79 Å². The van der Waals surface area contributed by atoms with Crippen molar-refractivity contribution in [2.75, 3.05) is 40.0 Å². The Morgan fingerprint density at radius 3 is 2.44 bits per heavy atom. The van der Waals surface area contributed by atoms with Gasteiger partial charge in [-0.15, -0.1) is 24.8 Å². The third kappa shape index (κ3) is 4.22. The van der Waals surface area contributed by atoms with Gasteiger partial charge in [0, 0.05) is 67.4 Å². The molecule has 34 heavy (non-hydrogen) atoms. The number of hydrogen-bond donors (Lipinski definition) is 0. The van der Waals surface area contributed by atoms with Gasteiger partial charge in [0.15, 0.2) is 17.1 Å². The number of hydrogen-bond acceptors (Lipinski definition) is 8. The molecular weight excluding hydrogens is 481 g/mol. The predicted octanol–water partition coefficient (Wildman–Crippen LogP) is 4.23. The molecule has 0 bridgehead atoms. The number of pyridine rings is 1. The van der Waals surface area contributed by atoms with Crippen molar-refractivity contribution in [2.45, 2.75) is 13.5 Å². The highest BCUT2D eigenvalue weighted by molar-refractivity contribution is 5.97. The van der Waals surface area contributed by atoms with Crippen LogP contribution in [0.5, 0.6) is 11.5 Å². The molecule has 0 aliphatic carbocycles. The first kappa shape index (κ1) is 24.3. The van der Waals surface area contributed by atoms with E-state index in [-0.39, 0.29) is 31.6 Å². The van der Waals surface area contributed by atoms with Crippen LogP contribution in [-0.4, -0.2) is 54.8 Å². The lowest BCUT2D eigenvalue weighted by Gasteiger charge is -2.32. The first-order valence-electron chi connectivity index (χ1n) is 10.7. The maximum absolute atomic E-state index is 12.3.